The Morgan fingerprint density at radius 2 is 0.917 bits per heavy atom. The van der Waals surface area contributed by atoms with Gasteiger partial charge in [-0.25, -0.2) is 4.79 Å². The van der Waals surface area contributed by atoms with Crippen LogP contribution in [0.4, 0.5) is 9.59 Å². The molecule has 0 amide bonds. The molecule has 0 rings (SSSR count). The predicted molar refractivity (Wildman–Crippen MR) is 26.1 cm³/mol. The summed E-state index contributed by atoms with van der Waals surface area (Å²) in [5.74, 6) is 0. The maximum Gasteiger partial charge on any atom is 1.00 e. The number of hydrogen-bond donors (Lipinski definition) is 4. The molecule has 0 aromatic carbocycles. The third kappa shape index (κ3) is 450. The Morgan fingerprint density at radius 1 is 0.917 bits per heavy atom. The van der Waals surface area contributed by atoms with Crippen molar-refractivity contribution in [2.45, 2.75) is 0 Å². The van der Waals surface area contributed by atoms with E-state index < -0.39 is 12.3 Å². The van der Waals surface area contributed by atoms with Gasteiger partial charge in [0.1, 0.15) is 0 Å². The van der Waals surface area contributed by atoms with Gasteiger partial charge in [-0.2, -0.15) is 0 Å². The van der Waals surface area contributed by atoms with Gasteiger partial charge in [0.05, 0.1) is 0 Å². The summed E-state index contributed by atoms with van der Waals surface area (Å²) in [6.45, 7) is 0. The van der Waals surface area contributed by atoms with Gasteiger partial charge in [-0.1, -0.05) is 0 Å². The molecule has 0 spiro atoms. The molecule has 8 N–H and O–H groups in total. The molecule has 0 unspecified atom stereocenters. The van der Waals surface area contributed by atoms with Crippen LogP contribution in [0.25, 0.3) is 0 Å². The normalized spacial score (nSPS) is 4.00. The van der Waals surface area contributed by atoms with Crippen molar-refractivity contribution in [1.82, 2.24) is 12.3 Å². The molecule has 0 aliphatic rings. The van der Waals surface area contributed by atoms with E-state index in [2.05, 4.69) is 0 Å². The number of rotatable bonds is 0. The van der Waals surface area contributed by atoms with E-state index in [9.17, 15) is 0 Å². The smallest absolute Gasteiger partial charge is 0.652 e. The second-order valence-electron chi connectivity index (χ2n) is 0.533. The van der Waals surface area contributed by atoms with E-state index in [1.54, 1.807) is 0 Å². The molecule has 0 aliphatic heterocycles. The van der Waals surface area contributed by atoms with Crippen LogP contribution in [0.5, 0.6) is 0 Å². The number of carbonyl (C=O) groups is 2. The first-order valence-corrected chi connectivity index (χ1v) is 1.26. The first-order chi connectivity index (χ1) is 3.46. The van der Waals surface area contributed by atoms with Crippen molar-refractivity contribution in [2.24, 2.45) is 0 Å². The van der Waals surface area contributed by atoms with Gasteiger partial charge < -0.3 is 37.5 Å². The van der Waals surface area contributed by atoms with Crippen molar-refractivity contribution in [3.05, 3.63) is 0 Å². The second-order valence-corrected chi connectivity index (χ2v) is 0.533. The van der Waals surface area contributed by atoms with E-state index in [-0.39, 0.29) is 115 Å². The molecule has 0 bridgehead atoms. The zero-order chi connectivity index (χ0) is 7.15. The number of carboxylic acid groups (broad SMARTS) is 4. The Morgan fingerprint density at radius 3 is 0.917 bits per heavy atom. The minimum absolute atomic E-state index is 0. The van der Waals surface area contributed by atoms with E-state index in [1.165, 1.54) is 0 Å². The summed E-state index contributed by atoms with van der Waals surface area (Å²) in [6, 6.07) is 0. The summed E-state index contributed by atoms with van der Waals surface area (Å²) in [5, 5.41) is 30.6. The van der Waals surface area contributed by atoms with E-state index in [0.717, 1.165) is 0 Å². The average molecular weight is 234 g/mol. The Bertz CT molecular complexity index is 79.5. The topological polar surface area (TPSA) is 191 Å². The van der Waals surface area contributed by atoms with Crippen LogP contribution in [0.2, 0.25) is 0 Å². The van der Waals surface area contributed by atoms with E-state index in [0.29, 0.717) is 0 Å². The minimum atomic E-state index is -2.33. The first-order valence-electron chi connectivity index (χ1n) is 1.26. The summed E-state index contributed by atoms with van der Waals surface area (Å²) in [6.07, 6.45) is -4.17. The van der Waals surface area contributed by atoms with Crippen LogP contribution >= 0.6 is 0 Å². The Kier molecular flexibility index (Phi) is 91.0. The summed E-state index contributed by atoms with van der Waals surface area (Å²) in [5.41, 5.74) is 0. The zero-order valence-electron chi connectivity index (χ0n) is 6.94. The SMILES string of the molecule is N.N.O=C(O)O.O=C([O-])[O-].[K+].[K+]. The van der Waals surface area contributed by atoms with Crippen molar-refractivity contribution in [1.29, 1.82) is 0 Å². The number of carbonyl (C=O) groups excluding carboxylic acids is 1. The molecule has 12 heavy (non-hydrogen) atoms. The van der Waals surface area contributed by atoms with E-state index >= 15 is 0 Å². The van der Waals surface area contributed by atoms with Crippen LogP contribution in [0.3, 0.4) is 0 Å². The van der Waals surface area contributed by atoms with Gasteiger partial charge in [-0.3, -0.25) is 0 Å². The van der Waals surface area contributed by atoms with Gasteiger partial charge >= 0.3 is 109 Å². The third-order valence-corrected chi connectivity index (χ3v) is 0. The van der Waals surface area contributed by atoms with Crippen LogP contribution in [0.1, 0.15) is 0 Å². The van der Waals surface area contributed by atoms with Crippen LogP contribution in [-0.2, 0) is 0 Å². The molecule has 8 nitrogen and oxygen atoms in total. The standard InChI is InChI=1S/2CH2O3.2K.2H3N/c2*2-1(3)4;;;;/h2*(H2,2,3,4);;;2*1H3/q;;2*+1;;/p-2. The Balaban J connectivity index is -0.0000000112. The molecule has 10 heteroatoms. The van der Waals surface area contributed by atoms with Crippen molar-refractivity contribution >= 4 is 12.3 Å². The van der Waals surface area contributed by atoms with Gasteiger partial charge in [-0.05, 0) is 6.16 Å². The van der Waals surface area contributed by atoms with Gasteiger partial charge in [0.15, 0.2) is 0 Å². The van der Waals surface area contributed by atoms with Gasteiger partial charge in [0.2, 0.25) is 0 Å². The van der Waals surface area contributed by atoms with Gasteiger partial charge in [-0.15, -0.1) is 0 Å². The molecule has 0 radical (unpaired) electrons. The summed E-state index contributed by atoms with van der Waals surface area (Å²) >= 11 is 0. The first kappa shape index (κ1) is 37.2. The summed E-state index contributed by atoms with van der Waals surface area (Å²) < 4.78 is 0. The zero-order valence-corrected chi connectivity index (χ0v) is 13.2. The van der Waals surface area contributed by atoms with Crippen LogP contribution in [-0.4, -0.2) is 22.5 Å². The Hall–Kier alpha value is 1.73. The predicted octanol–water partition coefficient (Wildman–Crippen LogP) is -7.89. The van der Waals surface area contributed by atoms with Crippen molar-refractivity contribution in [2.75, 3.05) is 0 Å². The average Bonchev–Trinajstić information content (AvgIpc) is 1.25. The van der Waals surface area contributed by atoms with Crippen LogP contribution in [0, 0.1) is 0 Å². The van der Waals surface area contributed by atoms with Crippen molar-refractivity contribution < 1.29 is 133 Å². The van der Waals surface area contributed by atoms with Gasteiger partial charge in [0, 0.05) is 0 Å². The molecule has 0 saturated carbocycles. The molecular weight excluding hydrogens is 226 g/mol. The fourth-order valence-corrected chi connectivity index (χ4v) is 0. The number of hydrogen-bond acceptors (Lipinski definition) is 6. The largest absolute Gasteiger partial charge is 1.00 e. The quantitative estimate of drug-likeness (QED) is 0.297. The molecule has 0 heterocycles. The molecule has 64 valence electrons. The third-order valence-electron chi connectivity index (χ3n) is 0. The van der Waals surface area contributed by atoms with Crippen LogP contribution in [0.15, 0.2) is 0 Å². The molecule has 0 aliphatic carbocycles. The molecule has 0 aromatic heterocycles. The maximum absolute atomic E-state index is 8.56. The minimum Gasteiger partial charge on any atom is -0.652 e. The molecule has 0 saturated heterocycles. The Labute approximate surface area is 154 Å². The van der Waals surface area contributed by atoms with Crippen molar-refractivity contribution in [3.8, 4) is 0 Å². The van der Waals surface area contributed by atoms with Crippen molar-refractivity contribution in [3.63, 3.8) is 0 Å². The second kappa shape index (κ2) is 29.3. The summed E-state index contributed by atoms with van der Waals surface area (Å²) in [7, 11) is 0. The van der Waals surface area contributed by atoms with E-state index in [4.69, 9.17) is 30.0 Å². The molecule has 0 atom stereocenters. The summed E-state index contributed by atoms with van der Waals surface area (Å²) in [4.78, 5) is 16.9. The molecule has 0 fully saturated rings. The van der Waals surface area contributed by atoms with Crippen LogP contribution < -0.4 is 125 Å². The monoisotopic (exact) mass is 234 g/mol. The fraction of sp³-hybridized carbons (Fsp3) is 0. The van der Waals surface area contributed by atoms with E-state index in [1.807, 2.05) is 0 Å². The van der Waals surface area contributed by atoms with Gasteiger partial charge in [0.25, 0.3) is 0 Å². The fourth-order valence-electron chi connectivity index (χ4n) is 0. The molecule has 0 aromatic rings. The molecular formula is C2H8K2N2O6. The maximum atomic E-state index is 8.56.